The second-order valence-electron chi connectivity index (χ2n) is 9.38. The highest BCUT2D eigenvalue weighted by atomic mass is 19.1. The lowest BCUT2D eigenvalue weighted by Crippen LogP contribution is -2.26. The van der Waals surface area contributed by atoms with Gasteiger partial charge in [0.05, 0.1) is 17.4 Å². The van der Waals surface area contributed by atoms with Crippen LogP contribution in [0.15, 0.2) is 60.9 Å². The third kappa shape index (κ3) is 5.80. The molecule has 5 nitrogen and oxygen atoms in total. The quantitative estimate of drug-likeness (QED) is 0.449. The molecule has 2 aromatic carbocycles. The Balaban J connectivity index is 1.25. The number of hydrogen-bond donors (Lipinski definition) is 0. The normalized spacial score (nSPS) is 19.0. The molecule has 0 saturated carbocycles. The van der Waals surface area contributed by atoms with Crippen LogP contribution in [0, 0.1) is 5.82 Å². The second-order valence-corrected chi connectivity index (χ2v) is 9.38. The maximum atomic E-state index is 13.6. The monoisotopic (exact) mass is 460 g/mol. The summed E-state index contributed by atoms with van der Waals surface area (Å²) in [5, 5.41) is 0. The van der Waals surface area contributed by atoms with Gasteiger partial charge in [0.1, 0.15) is 18.2 Å². The second kappa shape index (κ2) is 11.1. The van der Waals surface area contributed by atoms with Gasteiger partial charge in [-0.15, -0.1) is 0 Å². The summed E-state index contributed by atoms with van der Waals surface area (Å²) in [6.45, 7) is 5.98. The van der Waals surface area contributed by atoms with Gasteiger partial charge in [0.15, 0.2) is 0 Å². The van der Waals surface area contributed by atoms with E-state index in [0.29, 0.717) is 6.42 Å². The summed E-state index contributed by atoms with van der Waals surface area (Å²) in [6, 6.07) is 15.3. The van der Waals surface area contributed by atoms with Crippen molar-refractivity contribution in [3.05, 3.63) is 89.3 Å². The van der Waals surface area contributed by atoms with Crippen molar-refractivity contribution in [1.29, 1.82) is 0 Å². The van der Waals surface area contributed by atoms with Gasteiger partial charge in [0.25, 0.3) is 0 Å². The fourth-order valence-electron chi connectivity index (χ4n) is 5.16. The molecule has 2 fully saturated rings. The highest BCUT2D eigenvalue weighted by Gasteiger charge is 2.28. The Labute approximate surface area is 201 Å². The Kier molecular flexibility index (Phi) is 7.46. The Morgan fingerprint density at radius 1 is 0.971 bits per heavy atom. The number of aromatic nitrogens is 2. The Hall–Kier alpha value is -2.83. The summed E-state index contributed by atoms with van der Waals surface area (Å²) < 4.78 is 19.8. The molecular weight excluding hydrogens is 427 g/mol. The van der Waals surface area contributed by atoms with Crippen LogP contribution < -0.4 is 4.74 Å². The summed E-state index contributed by atoms with van der Waals surface area (Å²) in [5.41, 5.74) is 4.01. The van der Waals surface area contributed by atoms with Gasteiger partial charge < -0.3 is 4.74 Å². The predicted octanol–water partition coefficient (Wildman–Crippen LogP) is 5.02. The summed E-state index contributed by atoms with van der Waals surface area (Å²) in [4.78, 5) is 14.4. The molecule has 1 aromatic heterocycles. The molecule has 0 spiro atoms. The molecule has 0 N–H and O–H groups in total. The Morgan fingerprint density at radius 2 is 1.85 bits per heavy atom. The molecular formula is C28H33FN4O. The third-order valence-corrected chi connectivity index (χ3v) is 6.89. The fraction of sp³-hybridized carbons (Fsp3) is 0.429. The van der Waals surface area contributed by atoms with E-state index in [2.05, 4.69) is 39.0 Å². The number of ether oxygens (including phenoxy) is 1. The van der Waals surface area contributed by atoms with Gasteiger partial charge in [-0.1, -0.05) is 30.3 Å². The van der Waals surface area contributed by atoms with Crippen LogP contribution in [0.3, 0.4) is 0 Å². The maximum Gasteiger partial charge on any atom is 0.123 e. The van der Waals surface area contributed by atoms with Crippen LogP contribution in [-0.2, 0) is 13.0 Å². The van der Waals surface area contributed by atoms with E-state index >= 15 is 0 Å². The fourth-order valence-corrected chi connectivity index (χ4v) is 5.16. The molecule has 2 aliphatic heterocycles. The van der Waals surface area contributed by atoms with Crippen LogP contribution in [0.5, 0.6) is 5.75 Å². The average Bonchev–Trinajstić information content (AvgIpc) is 3.53. The van der Waals surface area contributed by atoms with Gasteiger partial charge in [0, 0.05) is 37.5 Å². The first-order chi connectivity index (χ1) is 16.7. The molecule has 0 bridgehead atoms. The molecule has 34 heavy (non-hydrogen) atoms. The molecule has 2 aliphatic rings. The lowest BCUT2D eigenvalue weighted by molar-refractivity contribution is 0.221. The SMILES string of the molecule is Fc1cccc(Cc2cncc(C3CCCN3Cc3ccccc3OCCN3CCCC3)n2)c1. The van der Waals surface area contributed by atoms with Gasteiger partial charge in [-0.3, -0.25) is 19.8 Å². The zero-order valence-electron chi connectivity index (χ0n) is 19.7. The summed E-state index contributed by atoms with van der Waals surface area (Å²) in [7, 11) is 0. The van der Waals surface area contributed by atoms with E-state index in [4.69, 9.17) is 9.72 Å². The van der Waals surface area contributed by atoms with Crippen molar-refractivity contribution < 1.29 is 9.13 Å². The minimum atomic E-state index is -0.218. The molecule has 5 rings (SSSR count). The standard InChI is InChI=1S/C28H33FN4O/c29-24-9-5-7-22(17-24)18-25-19-30-20-26(31-25)27-10-6-14-33(27)21-23-8-1-2-11-28(23)34-16-15-32-12-3-4-13-32/h1-2,5,7-9,11,17,19-20,27H,3-4,6,10,12-16,18,21H2. The molecule has 0 aliphatic carbocycles. The molecule has 0 amide bonds. The highest BCUT2D eigenvalue weighted by Crippen LogP contribution is 2.33. The molecule has 3 aromatic rings. The van der Waals surface area contributed by atoms with E-state index in [1.807, 2.05) is 12.3 Å². The molecule has 3 heterocycles. The number of benzene rings is 2. The van der Waals surface area contributed by atoms with Crippen molar-refractivity contribution >= 4 is 0 Å². The van der Waals surface area contributed by atoms with Crippen LogP contribution in [-0.4, -0.2) is 52.6 Å². The number of likely N-dealkylation sites (tertiary alicyclic amines) is 2. The van der Waals surface area contributed by atoms with Gasteiger partial charge in [-0.2, -0.15) is 0 Å². The summed E-state index contributed by atoms with van der Waals surface area (Å²) in [6.07, 6.45) is 9.07. The lowest BCUT2D eigenvalue weighted by Gasteiger charge is -2.25. The highest BCUT2D eigenvalue weighted by molar-refractivity contribution is 5.33. The van der Waals surface area contributed by atoms with Crippen LogP contribution in [0.2, 0.25) is 0 Å². The smallest absolute Gasteiger partial charge is 0.123 e. The van der Waals surface area contributed by atoms with Crippen molar-refractivity contribution in [2.75, 3.05) is 32.8 Å². The van der Waals surface area contributed by atoms with Crippen molar-refractivity contribution in [3.8, 4) is 5.75 Å². The van der Waals surface area contributed by atoms with Crippen LogP contribution in [0.4, 0.5) is 4.39 Å². The Bertz CT molecular complexity index is 1090. The number of halogens is 1. The molecule has 2 saturated heterocycles. The first-order valence-electron chi connectivity index (χ1n) is 12.5. The first-order valence-corrected chi connectivity index (χ1v) is 12.5. The van der Waals surface area contributed by atoms with E-state index in [1.165, 1.54) is 37.6 Å². The minimum Gasteiger partial charge on any atom is -0.492 e. The number of rotatable bonds is 9. The number of hydrogen-bond acceptors (Lipinski definition) is 5. The van der Waals surface area contributed by atoms with Crippen molar-refractivity contribution in [2.24, 2.45) is 0 Å². The zero-order valence-corrected chi connectivity index (χ0v) is 19.7. The van der Waals surface area contributed by atoms with Gasteiger partial charge >= 0.3 is 0 Å². The van der Waals surface area contributed by atoms with Crippen LogP contribution in [0.1, 0.15) is 54.2 Å². The number of nitrogens with zero attached hydrogens (tertiary/aromatic N) is 4. The van der Waals surface area contributed by atoms with Crippen molar-refractivity contribution in [2.45, 2.75) is 44.7 Å². The average molecular weight is 461 g/mol. The Morgan fingerprint density at radius 3 is 2.74 bits per heavy atom. The largest absolute Gasteiger partial charge is 0.492 e. The minimum absolute atomic E-state index is 0.218. The maximum absolute atomic E-state index is 13.6. The third-order valence-electron chi connectivity index (χ3n) is 6.89. The topological polar surface area (TPSA) is 41.5 Å². The molecule has 6 heteroatoms. The molecule has 1 atom stereocenters. The van der Waals surface area contributed by atoms with Gasteiger partial charge in [0.2, 0.25) is 0 Å². The van der Waals surface area contributed by atoms with Crippen LogP contribution >= 0.6 is 0 Å². The molecule has 1 unspecified atom stereocenters. The molecule has 0 radical (unpaired) electrons. The van der Waals surface area contributed by atoms with Crippen LogP contribution in [0.25, 0.3) is 0 Å². The van der Waals surface area contributed by atoms with Gasteiger partial charge in [-0.05, 0) is 69.1 Å². The lowest BCUT2D eigenvalue weighted by atomic mass is 10.1. The first kappa shape index (κ1) is 22.9. The van der Waals surface area contributed by atoms with E-state index in [-0.39, 0.29) is 11.9 Å². The van der Waals surface area contributed by atoms with E-state index < -0.39 is 0 Å². The van der Waals surface area contributed by atoms with E-state index in [0.717, 1.165) is 61.8 Å². The van der Waals surface area contributed by atoms with Crippen molar-refractivity contribution in [3.63, 3.8) is 0 Å². The zero-order chi connectivity index (χ0) is 23.2. The molecule has 178 valence electrons. The summed E-state index contributed by atoms with van der Waals surface area (Å²) >= 11 is 0. The summed E-state index contributed by atoms with van der Waals surface area (Å²) in [5.74, 6) is 0.767. The van der Waals surface area contributed by atoms with E-state index in [1.54, 1.807) is 18.3 Å². The van der Waals surface area contributed by atoms with Crippen molar-refractivity contribution in [1.82, 2.24) is 19.8 Å². The van der Waals surface area contributed by atoms with E-state index in [9.17, 15) is 4.39 Å². The van der Waals surface area contributed by atoms with Gasteiger partial charge in [-0.25, -0.2) is 4.39 Å². The number of para-hydroxylation sites is 1. The predicted molar refractivity (Wildman–Crippen MR) is 131 cm³/mol.